The third kappa shape index (κ3) is 14.7. The van der Waals surface area contributed by atoms with Crippen molar-refractivity contribution in [3.63, 3.8) is 0 Å². The quantitative estimate of drug-likeness (QED) is 0.164. The maximum absolute atomic E-state index is 6.07. The van der Waals surface area contributed by atoms with Gasteiger partial charge in [-0.3, -0.25) is 19.0 Å². The van der Waals surface area contributed by atoms with Crippen molar-refractivity contribution >= 4 is 23.1 Å². The van der Waals surface area contributed by atoms with Gasteiger partial charge in [0.15, 0.2) is 0 Å². The zero-order chi connectivity index (χ0) is 50.2. The average molecular weight is 942 g/mol. The number of pyridine rings is 1. The fourth-order valence-corrected chi connectivity index (χ4v) is 9.94. The van der Waals surface area contributed by atoms with Crippen LogP contribution in [0.1, 0.15) is 150 Å². The molecule has 4 aliphatic rings. The first-order valence-electron chi connectivity index (χ1n) is 25.8. The van der Waals surface area contributed by atoms with Gasteiger partial charge in [0.2, 0.25) is 0 Å². The van der Waals surface area contributed by atoms with Crippen LogP contribution in [0.5, 0.6) is 0 Å². The average Bonchev–Trinajstić information content (AvgIpc) is 3.90. The van der Waals surface area contributed by atoms with Crippen molar-refractivity contribution in [1.29, 1.82) is 0 Å². The van der Waals surface area contributed by atoms with Gasteiger partial charge in [-0.25, -0.2) is 0 Å². The summed E-state index contributed by atoms with van der Waals surface area (Å²) >= 11 is 0. The minimum Gasteiger partial charge on any atom is -0.370 e. The van der Waals surface area contributed by atoms with Crippen LogP contribution >= 0.6 is 0 Å². The van der Waals surface area contributed by atoms with E-state index >= 15 is 0 Å². The van der Waals surface area contributed by atoms with Gasteiger partial charge in [-0.2, -0.15) is 15.3 Å². The molecule has 8 rings (SSSR count). The van der Waals surface area contributed by atoms with Crippen LogP contribution in [0.15, 0.2) is 37.1 Å². The van der Waals surface area contributed by atoms with Gasteiger partial charge in [-0.05, 0) is 84.8 Å². The highest BCUT2D eigenvalue weighted by molar-refractivity contribution is 5.56. The van der Waals surface area contributed by atoms with Crippen LogP contribution in [0.3, 0.4) is 0 Å². The molecule has 4 aromatic heterocycles. The molecule has 0 radical (unpaired) electrons. The molecule has 0 aliphatic carbocycles. The summed E-state index contributed by atoms with van der Waals surface area (Å²) in [6.07, 6.45) is 18.1. The first kappa shape index (κ1) is 54.8. The van der Waals surface area contributed by atoms with E-state index in [1.807, 2.05) is 66.2 Å². The molecule has 8 heterocycles. The SMILES string of the molecule is CC(C)(C)c1cnccc1N1CCCNCC1.Cn1ncc(C(C)(C)C)c1N1CCCC(N)C1.Cn1ncc(C(C)(C)C)c1N1CCC[C@@H](N)C1.Cn1ncc(C(C)(C)C)c1N1CCC[C@H](N)C1. The van der Waals surface area contributed by atoms with Crippen LogP contribution in [0.2, 0.25) is 0 Å². The highest BCUT2D eigenvalue weighted by Gasteiger charge is 2.31. The van der Waals surface area contributed by atoms with E-state index in [4.69, 9.17) is 17.2 Å². The first-order valence-corrected chi connectivity index (χ1v) is 25.8. The Kier molecular flexibility index (Phi) is 18.6. The maximum Gasteiger partial charge on any atom is 0.130 e. The van der Waals surface area contributed by atoms with Gasteiger partial charge in [-0.1, -0.05) is 83.1 Å². The molecule has 0 amide bonds. The molecule has 15 nitrogen and oxygen atoms in total. The number of nitrogens with zero attached hydrogens (tertiary/aromatic N) is 11. The summed E-state index contributed by atoms with van der Waals surface area (Å²) in [5.41, 5.74) is 25.4. The first-order chi connectivity index (χ1) is 31.8. The zero-order valence-electron chi connectivity index (χ0n) is 45.4. The Hall–Kier alpha value is -4.18. The summed E-state index contributed by atoms with van der Waals surface area (Å²) in [4.78, 5) is 13.9. The molecule has 4 aliphatic heterocycles. The summed E-state index contributed by atoms with van der Waals surface area (Å²) in [6, 6.07) is 3.05. The molecule has 7 N–H and O–H groups in total. The van der Waals surface area contributed by atoms with Gasteiger partial charge < -0.3 is 42.1 Å². The van der Waals surface area contributed by atoms with Gasteiger partial charge in [0.1, 0.15) is 17.5 Å². The van der Waals surface area contributed by atoms with Gasteiger partial charge in [0.05, 0.1) is 18.6 Å². The zero-order valence-corrected chi connectivity index (χ0v) is 45.4. The molecule has 0 aromatic carbocycles. The van der Waals surface area contributed by atoms with Gasteiger partial charge in [0.25, 0.3) is 0 Å². The Morgan fingerprint density at radius 3 is 1.15 bits per heavy atom. The number of piperidine rings is 3. The van der Waals surface area contributed by atoms with Crippen LogP contribution in [-0.4, -0.2) is 118 Å². The molecule has 4 aromatic rings. The van der Waals surface area contributed by atoms with E-state index in [0.717, 1.165) is 84.7 Å². The van der Waals surface area contributed by atoms with E-state index in [-0.39, 0.29) is 21.7 Å². The second kappa shape index (κ2) is 23.2. The smallest absolute Gasteiger partial charge is 0.130 e. The van der Waals surface area contributed by atoms with E-state index in [1.165, 1.54) is 71.1 Å². The molecule has 15 heteroatoms. The molecule has 382 valence electrons. The Balaban J connectivity index is 0.000000169. The normalized spacial score (nSPS) is 20.9. The Morgan fingerprint density at radius 1 is 0.456 bits per heavy atom. The van der Waals surface area contributed by atoms with E-state index in [0.29, 0.717) is 18.1 Å². The highest BCUT2D eigenvalue weighted by atomic mass is 15.4. The van der Waals surface area contributed by atoms with E-state index in [1.54, 1.807) is 0 Å². The number of rotatable bonds is 4. The third-order valence-corrected chi connectivity index (χ3v) is 13.7. The fraction of sp³-hybridized carbons (Fsp3) is 0.736. The summed E-state index contributed by atoms with van der Waals surface area (Å²) < 4.78 is 5.95. The van der Waals surface area contributed by atoms with E-state index in [2.05, 4.69) is 134 Å². The van der Waals surface area contributed by atoms with Gasteiger partial charge >= 0.3 is 0 Å². The van der Waals surface area contributed by atoms with Crippen molar-refractivity contribution < 1.29 is 0 Å². The summed E-state index contributed by atoms with van der Waals surface area (Å²) in [5.74, 6) is 3.73. The molecule has 68 heavy (non-hydrogen) atoms. The van der Waals surface area contributed by atoms with Crippen molar-refractivity contribution in [3.05, 3.63) is 59.3 Å². The van der Waals surface area contributed by atoms with Crippen LogP contribution in [0, 0.1) is 0 Å². The number of aromatic nitrogens is 7. The van der Waals surface area contributed by atoms with Crippen LogP contribution in [0.4, 0.5) is 23.1 Å². The van der Waals surface area contributed by atoms with Crippen molar-refractivity contribution in [1.82, 2.24) is 39.6 Å². The monoisotopic (exact) mass is 942 g/mol. The number of aryl methyl sites for hydroxylation is 3. The number of hydrogen-bond acceptors (Lipinski definition) is 12. The van der Waals surface area contributed by atoms with Crippen molar-refractivity contribution in [2.24, 2.45) is 38.3 Å². The lowest BCUT2D eigenvalue weighted by molar-refractivity contribution is 0.491. The van der Waals surface area contributed by atoms with E-state index in [9.17, 15) is 0 Å². The second-order valence-corrected chi connectivity index (χ2v) is 24.0. The van der Waals surface area contributed by atoms with Crippen LogP contribution in [-0.2, 0) is 42.8 Å². The summed E-state index contributed by atoms with van der Waals surface area (Å²) in [7, 11) is 6.06. The Morgan fingerprint density at radius 2 is 0.809 bits per heavy atom. The predicted octanol–water partition coefficient (Wildman–Crippen LogP) is 7.11. The third-order valence-electron chi connectivity index (χ3n) is 13.7. The van der Waals surface area contributed by atoms with Crippen LogP contribution < -0.4 is 42.1 Å². The Bertz CT molecular complexity index is 1950. The Labute approximate surface area is 411 Å². The lowest BCUT2D eigenvalue weighted by atomic mass is 9.86. The number of nitrogens with one attached hydrogen (secondary N) is 1. The minimum absolute atomic E-state index is 0.130. The predicted molar refractivity (Wildman–Crippen MR) is 287 cm³/mol. The molecule has 4 fully saturated rings. The molecule has 0 saturated carbocycles. The summed E-state index contributed by atoms with van der Waals surface area (Å²) in [6.45, 7) is 37.4. The largest absolute Gasteiger partial charge is 0.370 e. The molecular weight excluding hydrogens is 847 g/mol. The van der Waals surface area contributed by atoms with Gasteiger partial charge in [0, 0.05) is 133 Å². The van der Waals surface area contributed by atoms with Crippen molar-refractivity contribution in [2.75, 3.05) is 85.0 Å². The molecule has 0 bridgehead atoms. The van der Waals surface area contributed by atoms with Gasteiger partial charge in [-0.15, -0.1) is 0 Å². The minimum atomic E-state index is 0.130. The molecule has 1 unspecified atom stereocenters. The number of nitrogens with two attached hydrogens (primary N) is 3. The van der Waals surface area contributed by atoms with Crippen LogP contribution in [0.25, 0.3) is 0 Å². The fourth-order valence-electron chi connectivity index (χ4n) is 9.94. The van der Waals surface area contributed by atoms with Crippen molar-refractivity contribution in [2.45, 2.75) is 168 Å². The number of anilines is 4. The maximum atomic E-state index is 6.07. The second-order valence-electron chi connectivity index (χ2n) is 24.0. The van der Waals surface area contributed by atoms with E-state index < -0.39 is 0 Å². The number of hydrogen-bond donors (Lipinski definition) is 4. The molecule has 3 atom stereocenters. The lowest BCUT2D eigenvalue weighted by Crippen LogP contribution is -2.44. The summed E-state index contributed by atoms with van der Waals surface area (Å²) in [5, 5.41) is 16.7. The highest BCUT2D eigenvalue weighted by Crippen LogP contribution is 2.36. The standard InChI is InChI=1S/C14H23N3.3C13H24N4/c1-14(2,3)12-11-16-7-5-13(12)17-9-4-6-15-8-10-17;3*1-13(2,3)11-8-15-16(4)12(11)17-7-5-6-10(14)9-17/h5,7,11,15H,4,6,8-10H2,1-3H3;3*8,10H,5-7,9,14H2,1-4H3/t;2*10-;/m.10./s1. The van der Waals surface area contributed by atoms with Crippen molar-refractivity contribution in [3.8, 4) is 0 Å². The lowest BCUT2D eigenvalue weighted by Gasteiger charge is -2.34. The topological polar surface area (TPSA) is 169 Å². The molecule has 0 spiro atoms. The molecule has 4 saturated heterocycles. The molecular formula is C53H95N15.